The van der Waals surface area contributed by atoms with Gasteiger partial charge < -0.3 is 9.13 Å². The molecule has 0 saturated heterocycles. The van der Waals surface area contributed by atoms with Gasteiger partial charge in [0.05, 0.1) is 55.0 Å². The normalized spacial score (nSPS) is 11.8. The van der Waals surface area contributed by atoms with Crippen LogP contribution in [0.15, 0.2) is 182 Å². The van der Waals surface area contributed by atoms with Crippen molar-refractivity contribution in [1.29, 1.82) is 5.26 Å². The summed E-state index contributed by atoms with van der Waals surface area (Å²) >= 11 is 3.58. The van der Waals surface area contributed by atoms with E-state index in [2.05, 4.69) is 166 Å². The first kappa shape index (κ1) is 34.8. The summed E-state index contributed by atoms with van der Waals surface area (Å²) in [5, 5.41) is 21.1. The van der Waals surface area contributed by atoms with Gasteiger partial charge in [-0.25, -0.2) is 4.85 Å². The van der Waals surface area contributed by atoms with Crippen molar-refractivity contribution in [2.75, 3.05) is 0 Å². The number of para-hydroxylation sites is 2. The molecule has 4 nitrogen and oxygen atoms in total. The minimum Gasteiger partial charge on any atom is -0.317 e. The van der Waals surface area contributed by atoms with Crippen molar-refractivity contribution in [3.63, 3.8) is 0 Å². The van der Waals surface area contributed by atoms with Crippen molar-refractivity contribution < 1.29 is 0 Å². The third-order valence-electron chi connectivity index (χ3n) is 12.6. The molecular weight excluding hydrogens is 793 g/mol. The maximum atomic E-state index is 11.8. The molecule has 0 amide bonds. The Hall–Kier alpha value is -8.00. The Bertz CT molecular complexity index is 3890. The smallest absolute Gasteiger partial charge is 0.220 e. The molecule has 0 atom stereocenters. The van der Waals surface area contributed by atoms with E-state index in [1.165, 1.54) is 30.9 Å². The highest BCUT2D eigenvalue weighted by Gasteiger charge is 2.32. The van der Waals surface area contributed by atoms with Gasteiger partial charge in [0.15, 0.2) is 0 Å². The van der Waals surface area contributed by atoms with Gasteiger partial charge >= 0.3 is 0 Å². The van der Waals surface area contributed by atoms with E-state index < -0.39 is 0 Å². The maximum Gasteiger partial charge on any atom is 0.220 e. The number of nitriles is 1. The molecule has 13 rings (SSSR count). The van der Waals surface area contributed by atoms with Crippen molar-refractivity contribution in [1.82, 2.24) is 9.13 Å². The molecule has 0 bridgehead atoms. The molecule has 4 heterocycles. The van der Waals surface area contributed by atoms with Crippen LogP contribution in [-0.2, 0) is 0 Å². The topological polar surface area (TPSA) is 38.0 Å². The van der Waals surface area contributed by atoms with E-state index in [0.717, 1.165) is 81.1 Å². The van der Waals surface area contributed by atoms with Crippen molar-refractivity contribution in [3.8, 4) is 39.7 Å². The molecule has 0 fully saturated rings. The van der Waals surface area contributed by atoms with Crippen molar-refractivity contribution in [2.24, 2.45) is 0 Å². The van der Waals surface area contributed by atoms with Crippen LogP contribution in [0.5, 0.6) is 0 Å². The summed E-state index contributed by atoms with van der Waals surface area (Å²) in [6.45, 7) is 9.25. The standard InChI is InChI=1S/C56H30N4S2/c1-58-50-48(33-16-4-2-5-17-33)43(32-57)51(59-44-24-12-8-20-35(44)39-28-30-41-37-22-10-14-26-46(37)61-55(41)52(39)59)49(34-18-6-3-7-19-34)54(50)60-45-25-13-9-21-36(45)40-29-31-42-38-23-11-15-27-47(38)62-56(42)53(40)60/h2-31H. The first-order valence-electron chi connectivity index (χ1n) is 20.5. The third kappa shape index (κ3) is 4.68. The number of nitrogens with zero attached hydrogens (tertiary/aromatic N) is 4. The maximum absolute atomic E-state index is 11.8. The summed E-state index contributed by atoms with van der Waals surface area (Å²) in [6, 6.07) is 66.6. The van der Waals surface area contributed by atoms with Crippen molar-refractivity contribution in [3.05, 3.63) is 199 Å². The zero-order chi connectivity index (χ0) is 41.1. The number of aromatic nitrogens is 2. The molecule has 0 aliphatic rings. The minimum atomic E-state index is 0.434. The van der Waals surface area contributed by atoms with Crippen LogP contribution >= 0.6 is 22.7 Å². The number of fused-ring (bicyclic) bond motifs is 14. The number of rotatable bonds is 4. The van der Waals surface area contributed by atoms with Gasteiger partial charge in [-0.05, 0) is 35.4 Å². The molecule has 0 aliphatic heterocycles. The summed E-state index contributed by atoms with van der Waals surface area (Å²) in [7, 11) is 0. The van der Waals surface area contributed by atoms with Crippen LogP contribution in [0.3, 0.4) is 0 Å². The van der Waals surface area contributed by atoms with Gasteiger partial charge in [0.25, 0.3) is 0 Å². The first-order chi connectivity index (χ1) is 30.7. The molecule has 0 spiro atoms. The van der Waals surface area contributed by atoms with Crippen LogP contribution in [0.2, 0.25) is 0 Å². The van der Waals surface area contributed by atoms with E-state index in [1.54, 1.807) is 22.7 Å². The van der Waals surface area contributed by atoms with Crippen LogP contribution in [0.4, 0.5) is 5.69 Å². The first-order valence-corrected chi connectivity index (χ1v) is 22.2. The molecule has 9 aromatic carbocycles. The Kier molecular flexibility index (Phi) is 7.44. The molecule has 0 aliphatic carbocycles. The Labute approximate surface area is 363 Å². The lowest BCUT2D eigenvalue weighted by atomic mass is 9.88. The molecule has 6 heteroatoms. The summed E-state index contributed by atoms with van der Waals surface area (Å²) < 4.78 is 9.45. The second-order valence-electron chi connectivity index (χ2n) is 15.7. The van der Waals surface area contributed by atoms with E-state index >= 15 is 0 Å². The van der Waals surface area contributed by atoms with Crippen LogP contribution in [0, 0.1) is 17.9 Å². The number of hydrogen-bond acceptors (Lipinski definition) is 3. The second-order valence-corrected chi connectivity index (χ2v) is 17.8. The molecule has 4 aromatic heterocycles. The molecule has 0 unspecified atom stereocenters. The average Bonchev–Trinajstić information content (AvgIpc) is 4.09. The third-order valence-corrected chi connectivity index (χ3v) is 15.0. The van der Waals surface area contributed by atoms with E-state index in [9.17, 15) is 11.8 Å². The summed E-state index contributed by atoms with van der Waals surface area (Å²) in [5.41, 5.74) is 9.68. The lowest BCUT2D eigenvalue weighted by molar-refractivity contribution is 1.14. The fraction of sp³-hybridized carbons (Fsp3) is 0. The molecular formula is C56H30N4S2. The molecule has 62 heavy (non-hydrogen) atoms. The Morgan fingerprint density at radius 2 is 0.839 bits per heavy atom. The lowest BCUT2D eigenvalue weighted by Crippen LogP contribution is -2.08. The zero-order valence-electron chi connectivity index (χ0n) is 32.9. The van der Waals surface area contributed by atoms with Crippen LogP contribution < -0.4 is 0 Å². The Balaban J connectivity index is 1.35. The van der Waals surface area contributed by atoms with Gasteiger partial charge in [-0.3, -0.25) is 0 Å². The van der Waals surface area contributed by atoms with E-state index in [0.29, 0.717) is 16.8 Å². The van der Waals surface area contributed by atoms with E-state index in [4.69, 9.17) is 0 Å². The highest BCUT2D eigenvalue weighted by atomic mass is 32.1. The van der Waals surface area contributed by atoms with Crippen LogP contribution in [-0.4, -0.2) is 9.13 Å². The van der Waals surface area contributed by atoms with Crippen LogP contribution in [0.25, 0.3) is 122 Å². The second kappa shape index (κ2) is 13.3. The predicted molar refractivity (Wildman–Crippen MR) is 263 cm³/mol. The number of thiophene rings is 2. The number of benzene rings is 9. The molecule has 286 valence electrons. The zero-order valence-corrected chi connectivity index (χ0v) is 34.6. The van der Waals surface area contributed by atoms with Gasteiger partial charge in [-0.2, -0.15) is 5.26 Å². The summed E-state index contributed by atoms with van der Waals surface area (Å²) in [6.07, 6.45) is 0. The van der Waals surface area contributed by atoms with E-state index in [1.807, 2.05) is 36.4 Å². The Morgan fingerprint density at radius 3 is 1.34 bits per heavy atom. The lowest BCUT2D eigenvalue weighted by Gasteiger charge is -2.26. The monoisotopic (exact) mass is 822 g/mol. The molecule has 0 saturated carbocycles. The van der Waals surface area contributed by atoms with E-state index in [-0.39, 0.29) is 0 Å². The fourth-order valence-corrected chi connectivity index (χ4v) is 12.5. The number of hydrogen-bond donors (Lipinski definition) is 0. The van der Waals surface area contributed by atoms with Crippen molar-refractivity contribution >= 4 is 112 Å². The summed E-state index contributed by atoms with van der Waals surface area (Å²) in [4.78, 5) is 4.53. The fourth-order valence-electron chi connectivity index (χ4n) is 10.1. The average molecular weight is 823 g/mol. The van der Waals surface area contributed by atoms with Gasteiger partial charge in [0, 0.05) is 63.6 Å². The van der Waals surface area contributed by atoms with Gasteiger partial charge in [-0.15, -0.1) is 22.7 Å². The largest absolute Gasteiger partial charge is 0.317 e. The van der Waals surface area contributed by atoms with Crippen molar-refractivity contribution in [2.45, 2.75) is 0 Å². The SMILES string of the molecule is [C-]#[N+]c1c(-c2ccccc2)c(C#N)c(-n2c3ccccc3c3ccc4c5ccccc5sc4c32)c(-c2ccccc2)c1-n1c2ccccc2c2ccc3c4ccccc4sc3c21. The van der Waals surface area contributed by atoms with Crippen LogP contribution in [0.1, 0.15) is 5.56 Å². The quantitative estimate of drug-likeness (QED) is 0.163. The highest BCUT2D eigenvalue weighted by Crippen LogP contribution is 2.54. The predicted octanol–water partition coefficient (Wildman–Crippen LogP) is 16.4. The van der Waals surface area contributed by atoms with Gasteiger partial charge in [0.2, 0.25) is 5.69 Å². The van der Waals surface area contributed by atoms with Gasteiger partial charge in [-0.1, -0.05) is 158 Å². The molecule has 0 radical (unpaired) electrons. The molecule has 0 N–H and O–H groups in total. The highest BCUT2D eigenvalue weighted by molar-refractivity contribution is 7.27. The summed E-state index contributed by atoms with van der Waals surface area (Å²) in [5.74, 6) is 0. The minimum absolute atomic E-state index is 0.434. The van der Waals surface area contributed by atoms with Gasteiger partial charge in [0.1, 0.15) is 6.07 Å². The Morgan fingerprint density at radius 1 is 0.419 bits per heavy atom. The molecule has 13 aromatic rings.